The van der Waals surface area contributed by atoms with E-state index in [0.717, 1.165) is 5.69 Å². The number of alkyl halides is 3. The Morgan fingerprint density at radius 1 is 0.970 bits per heavy atom. The van der Waals surface area contributed by atoms with Crippen molar-refractivity contribution in [2.45, 2.75) is 33.0 Å². The van der Waals surface area contributed by atoms with Gasteiger partial charge in [0.1, 0.15) is 5.75 Å². The maximum absolute atomic E-state index is 12.6. The van der Waals surface area contributed by atoms with E-state index in [1.165, 1.54) is 18.2 Å². The third-order valence-corrected chi connectivity index (χ3v) is 5.05. The lowest BCUT2D eigenvalue weighted by atomic mass is 10.1. The third kappa shape index (κ3) is 6.95. The van der Waals surface area contributed by atoms with Crippen molar-refractivity contribution in [3.8, 4) is 5.75 Å². The fourth-order valence-corrected chi connectivity index (χ4v) is 3.59. The van der Waals surface area contributed by atoms with E-state index >= 15 is 0 Å². The molecule has 0 saturated heterocycles. The average molecular weight is 466 g/mol. The summed E-state index contributed by atoms with van der Waals surface area (Å²) >= 11 is 0. The molecule has 1 atom stereocenters. The summed E-state index contributed by atoms with van der Waals surface area (Å²) in [5.41, 5.74) is 1.86. The molecule has 0 bridgehead atoms. The van der Waals surface area contributed by atoms with Gasteiger partial charge in [0.05, 0.1) is 0 Å². The summed E-state index contributed by atoms with van der Waals surface area (Å²) in [6.07, 6.45) is -5.08. The molecule has 0 spiro atoms. The van der Waals surface area contributed by atoms with Gasteiger partial charge in [-0.05, 0) is 71.3 Å². The van der Waals surface area contributed by atoms with Crippen molar-refractivity contribution in [2.24, 2.45) is 0 Å². The number of likely N-dealkylation sites (N-methyl/N-ethyl adjacent to an activating group) is 1. The second-order valence-corrected chi connectivity index (χ2v) is 7.89. The molecule has 2 rings (SSSR count). The maximum Gasteiger partial charge on any atom is 0.491 e. The van der Waals surface area contributed by atoms with Crippen molar-refractivity contribution in [3.05, 3.63) is 54.1 Å². The minimum Gasteiger partial charge on any atom is -0.420 e. The normalized spacial score (nSPS) is 12.4. The molecule has 0 aliphatic heterocycles. The number of benzene rings is 2. The summed E-state index contributed by atoms with van der Waals surface area (Å²) in [6.45, 7) is 7.66. The van der Waals surface area contributed by atoms with E-state index < -0.39 is 12.1 Å². The van der Waals surface area contributed by atoms with Crippen molar-refractivity contribution < 1.29 is 27.5 Å². The first-order valence-corrected chi connectivity index (χ1v) is 10.7. The Bertz CT molecular complexity index is 942. The van der Waals surface area contributed by atoms with Crippen LogP contribution in [-0.4, -0.2) is 67.6 Å². The predicted molar refractivity (Wildman–Crippen MR) is 122 cm³/mol. The van der Waals surface area contributed by atoms with Crippen LogP contribution in [0.25, 0.3) is 0 Å². The topological polar surface area (TPSA) is 53.1 Å². The molecule has 0 heterocycles. The first-order chi connectivity index (χ1) is 15.5. The van der Waals surface area contributed by atoms with E-state index in [-0.39, 0.29) is 17.7 Å². The lowest BCUT2D eigenvalue weighted by molar-refractivity contribution is -0.189. The predicted octanol–water partition coefficient (Wildman–Crippen LogP) is 4.72. The second-order valence-electron chi connectivity index (χ2n) is 7.89. The molecule has 0 radical (unpaired) electrons. The Kier molecular flexibility index (Phi) is 8.87. The van der Waals surface area contributed by atoms with E-state index in [1.54, 1.807) is 35.2 Å². The second kappa shape index (κ2) is 11.2. The van der Waals surface area contributed by atoms with Gasteiger partial charge >= 0.3 is 12.1 Å². The van der Waals surface area contributed by atoms with Gasteiger partial charge in [-0.2, -0.15) is 13.2 Å². The molecule has 0 aliphatic rings. The quantitative estimate of drug-likeness (QED) is 0.396. The lowest BCUT2D eigenvalue weighted by Crippen LogP contribution is -2.37. The molecule has 1 amide bonds. The first-order valence-electron chi connectivity index (χ1n) is 10.7. The van der Waals surface area contributed by atoms with E-state index in [4.69, 9.17) is 0 Å². The van der Waals surface area contributed by atoms with E-state index in [2.05, 4.69) is 4.74 Å². The molecule has 2 aromatic carbocycles. The number of carbonyl (C=O) groups is 2. The van der Waals surface area contributed by atoms with E-state index in [1.807, 2.05) is 44.7 Å². The molecule has 180 valence electrons. The standard InChI is InChI=1S/C24H30F3N3O3/c1-6-29(7-2)22(31)18-11-13-19(14-12-18)30(17(3)16-28(4)5)20-9-8-10-21(15-20)33-23(32)24(25,26)27/h8-15,17H,6-7,16H2,1-5H3. The summed E-state index contributed by atoms with van der Waals surface area (Å²) in [7, 11) is 3.84. The van der Waals surface area contributed by atoms with Gasteiger partial charge in [-0.25, -0.2) is 4.79 Å². The molecule has 2 aromatic rings. The molecule has 0 aromatic heterocycles. The number of halogens is 3. The van der Waals surface area contributed by atoms with Gasteiger partial charge in [-0.15, -0.1) is 0 Å². The number of hydrogen-bond donors (Lipinski definition) is 0. The lowest BCUT2D eigenvalue weighted by Gasteiger charge is -2.33. The van der Waals surface area contributed by atoms with Crippen molar-refractivity contribution in [3.63, 3.8) is 0 Å². The van der Waals surface area contributed by atoms with Crippen LogP contribution in [0.3, 0.4) is 0 Å². The zero-order valence-electron chi connectivity index (χ0n) is 19.5. The van der Waals surface area contributed by atoms with Crippen LogP contribution in [0.1, 0.15) is 31.1 Å². The fraction of sp³-hybridized carbons (Fsp3) is 0.417. The minimum absolute atomic E-state index is 0.0690. The van der Waals surface area contributed by atoms with Crippen molar-refractivity contribution >= 4 is 23.3 Å². The summed E-state index contributed by atoms with van der Waals surface area (Å²) in [4.78, 5) is 29.5. The summed E-state index contributed by atoms with van der Waals surface area (Å²) in [6, 6.07) is 12.9. The van der Waals surface area contributed by atoms with Gasteiger partial charge in [-0.1, -0.05) is 6.07 Å². The number of carbonyl (C=O) groups excluding carboxylic acids is 2. The number of esters is 1. The summed E-state index contributed by atoms with van der Waals surface area (Å²) in [5.74, 6) is -2.54. The molecule has 0 saturated carbocycles. The zero-order chi connectivity index (χ0) is 24.8. The Morgan fingerprint density at radius 2 is 1.58 bits per heavy atom. The van der Waals surface area contributed by atoms with Crippen LogP contribution < -0.4 is 9.64 Å². The van der Waals surface area contributed by atoms with Gasteiger partial charge in [0.15, 0.2) is 0 Å². The first kappa shape index (κ1) is 26.2. The SMILES string of the molecule is CCN(CC)C(=O)c1ccc(N(c2cccc(OC(=O)C(F)(F)F)c2)C(C)CN(C)C)cc1. The molecule has 9 heteroatoms. The summed E-state index contributed by atoms with van der Waals surface area (Å²) in [5, 5.41) is 0. The number of anilines is 2. The smallest absolute Gasteiger partial charge is 0.420 e. The van der Waals surface area contributed by atoms with E-state index in [9.17, 15) is 22.8 Å². The zero-order valence-corrected chi connectivity index (χ0v) is 19.5. The molecule has 6 nitrogen and oxygen atoms in total. The maximum atomic E-state index is 12.6. The number of amides is 1. The molecule has 1 unspecified atom stereocenters. The van der Waals surface area contributed by atoms with Crippen LogP contribution >= 0.6 is 0 Å². The van der Waals surface area contributed by atoms with Crippen molar-refractivity contribution in [1.29, 1.82) is 0 Å². The Morgan fingerprint density at radius 3 is 2.09 bits per heavy atom. The molecule has 0 aliphatic carbocycles. The van der Waals surface area contributed by atoms with Crippen LogP contribution in [0.15, 0.2) is 48.5 Å². The number of hydrogen-bond acceptors (Lipinski definition) is 5. The molecule has 0 N–H and O–H groups in total. The molecule has 33 heavy (non-hydrogen) atoms. The highest BCUT2D eigenvalue weighted by Gasteiger charge is 2.41. The fourth-order valence-electron chi connectivity index (χ4n) is 3.59. The number of rotatable bonds is 9. The molecule has 0 fully saturated rings. The molecular weight excluding hydrogens is 435 g/mol. The van der Waals surface area contributed by atoms with Crippen molar-refractivity contribution in [2.75, 3.05) is 38.6 Å². The van der Waals surface area contributed by atoms with Gasteiger partial charge in [0, 0.05) is 48.7 Å². The number of ether oxygens (including phenoxy) is 1. The Balaban J connectivity index is 2.41. The Labute approximate surface area is 192 Å². The van der Waals surface area contributed by atoms with E-state index in [0.29, 0.717) is 30.9 Å². The van der Waals surface area contributed by atoms with Crippen LogP contribution in [0, 0.1) is 0 Å². The van der Waals surface area contributed by atoms with Crippen LogP contribution in [0.2, 0.25) is 0 Å². The largest absolute Gasteiger partial charge is 0.491 e. The van der Waals surface area contributed by atoms with Crippen molar-refractivity contribution in [1.82, 2.24) is 9.80 Å². The third-order valence-electron chi connectivity index (χ3n) is 5.05. The van der Waals surface area contributed by atoms with Crippen LogP contribution in [0.5, 0.6) is 5.75 Å². The number of nitrogens with zero attached hydrogens (tertiary/aromatic N) is 3. The van der Waals surface area contributed by atoms with Gasteiger partial charge < -0.3 is 19.4 Å². The monoisotopic (exact) mass is 465 g/mol. The average Bonchev–Trinajstić information content (AvgIpc) is 2.74. The van der Waals surface area contributed by atoms with Gasteiger partial charge in [-0.3, -0.25) is 4.79 Å². The summed E-state index contributed by atoms with van der Waals surface area (Å²) < 4.78 is 42.4. The molecular formula is C24H30F3N3O3. The Hall–Kier alpha value is -3.07. The highest BCUT2D eigenvalue weighted by Crippen LogP contribution is 2.32. The highest BCUT2D eigenvalue weighted by atomic mass is 19.4. The van der Waals surface area contributed by atoms with Crippen LogP contribution in [-0.2, 0) is 4.79 Å². The van der Waals surface area contributed by atoms with Gasteiger partial charge in [0.25, 0.3) is 5.91 Å². The van der Waals surface area contributed by atoms with Gasteiger partial charge in [0.2, 0.25) is 0 Å². The van der Waals surface area contributed by atoms with Crippen LogP contribution in [0.4, 0.5) is 24.5 Å². The highest BCUT2D eigenvalue weighted by molar-refractivity contribution is 5.94. The minimum atomic E-state index is -5.08.